The highest BCUT2D eigenvalue weighted by Crippen LogP contribution is 2.30. The molecule has 3 amide bonds. The number of methoxy groups -OCH3 is 1. The van der Waals surface area contributed by atoms with Crippen LogP contribution in [0.4, 0.5) is 11.4 Å². The molecule has 1 atom stereocenters. The first kappa shape index (κ1) is 24.0. The van der Waals surface area contributed by atoms with E-state index in [-0.39, 0.29) is 24.1 Å². The van der Waals surface area contributed by atoms with Gasteiger partial charge in [0.1, 0.15) is 5.75 Å². The second-order valence-electron chi connectivity index (χ2n) is 8.69. The second-order valence-corrected chi connectivity index (χ2v) is 8.69. The number of aryl methyl sites for hydroxylation is 1. The first-order valence-corrected chi connectivity index (χ1v) is 11.5. The average molecular weight is 472 g/mol. The molecule has 3 aromatic rings. The fourth-order valence-corrected chi connectivity index (χ4v) is 4.23. The van der Waals surface area contributed by atoms with Gasteiger partial charge in [-0.25, -0.2) is 0 Å². The third kappa shape index (κ3) is 5.35. The lowest BCUT2D eigenvalue weighted by atomic mass is 10.1. The predicted octanol–water partition coefficient (Wildman–Crippen LogP) is 4.23. The summed E-state index contributed by atoms with van der Waals surface area (Å²) in [6.07, 6.45) is 0.128. The molecule has 1 saturated heterocycles. The first-order valence-electron chi connectivity index (χ1n) is 11.5. The van der Waals surface area contributed by atoms with E-state index in [1.807, 2.05) is 56.3 Å². The van der Waals surface area contributed by atoms with Crippen molar-refractivity contribution in [3.05, 3.63) is 89.0 Å². The van der Waals surface area contributed by atoms with Crippen molar-refractivity contribution in [2.75, 3.05) is 23.9 Å². The van der Waals surface area contributed by atoms with Crippen molar-refractivity contribution in [2.45, 2.75) is 26.8 Å². The Labute approximate surface area is 205 Å². The largest absolute Gasteiger partial charge is 0.497 e. The summed E-state index contributed by atoms with van der Waals surface area (Å²) in [7, 11) is 1.59. The van der Waals surface area contributed by atoms with Gasteiger partial charge in [0, 0.05) is 25.2 Å². The Bertz CT molecular complexity index is 1270. The maximum atomic E-state index is 13.1. The van der Waals surface area contributed by atoms with E-state index in [1.165, 1.54) is 0 Å². The van der Waals surface area contributed by atoms with Gasteiger partial charge in [-0.2, -0.15) is 0 Å². The number of rotatable bonds is 7. The summed E-state index contributed by atoms with van der Waals surface area (Å²) in [6, 6.07) is 20.1. The zero-order valence-electron chi connectivity index (χ0n) is 20.1. The minimum absolute atomic E-state index is 0.0804. The van der Waals surface area contributed by atoms with Crippen molar-refractivity contribution in [1.82, 2.24) is 5.32 Å². The van der Waals surface area contributed by atoms with Crippen LogP contribution >= 0.6 is 0 Å². The molecule has 0 bridgehead atoms. The second kappa shape index (κ2) is 10.4. The monoisotopic (exact) mass is 471 g/mol. The lowest BCUT2D eigenvalue weighted by Gasteiger charge is -2.20. The number of amides is 3. The summed E-state index contributed by atoms with van der Waals surface area (Å²) in [5.41, 5.74) is 4.63. The number of benzene rings is 3. The molecule has 4 rings (SSSR count). The lowest BCUT2D eigenvalue weighted by Crippen LogP contribution is -2.30. The number of carbonyl (C=O) groups is 3. The number of nitrogens with zero attached hydrogens (tertiary/aromatic N) is 1. The number of anilines is 2. The van der Waals surface area contributed by atoms with Crippen molar-refractivity contribution in [3.8, 4) is 5.75 Å². The van der Waals surface area contributed by atoms with Crippen molar-refractivity contribution in [3.63, 3.8) is 0 Å². The number of hydrogen-bond donors (Lipinski definition) is 2. The van der Waals surface area contributed by atoms with Crippen molar-refractivity contribution in [2.24, 2.45) is 5.92 Å². The molecule has 2 N–H and O–H groups in total. The molecule has 3 aromatic carbocycles. The molecular weight excluding hydrogens is 442 g/mol. The summed E-state index contributed by atoms with van der Waals surface area (Å²) in [4.78, 5) is 40.4. The van der Waals surface area contributed by atoms with Gasteiger partial charge in [0.15, 0.2) is 0 Å². The Morgan fingerprint density at radius 1 is 1.03 bits per heavy atom. The van der Waals surface area contributed by atoms with Crippen LogP contribution in [0.2, 0.25) is 0 Å². The summed E-state index contributed by atoms with van der Waals surface area (Å²) in [5, 5.41) is 5.76. The minimum Gasteiger partial charge on any atom is -0.497 e. The quantitative estimate of drug-likeness (QED) is 0.540. The number of ether oxygens (including phenoxy) is 1. The average Bonchev–Trinajstić information content (AvgIpc) is 3.26. The molecule has 1 heterocycles. The van der Waals surface area contributed by atoms with E-state index in [0.717, 1.165) is 22.4 Å². The van der Waals surface area contributed by atoms with Crippen LogP contribution in [0.15, 0.2) is 66.7 Å². The topological polar surface area (TPSA) is 87.7 Å². The van der Waals surface area contributed by atoms with Crippen LogP contribution in [0.25, 0.3) is 0 Å². The molecule has 0 aliphatic carbocycles. The van der Waals surface area contributed by atoms with E-state index in [2.05, 4.69) is 10.6 Å². The molecular formula is C28H29N3O4. The molecule has 35 heavy (non-hydrogen) atoms. The Kier molecular flexibility index (Phi) is 7.15. The van der Waals surface area contributed by atoms with Gasteiger partial charge in [-0.05, 0) is 60.9 Å². The van der Waals surface area contributed by atoms with Gasteiger partial charge in [0.25, 0.3) is 5.91 Å². The Morgan fingerprint density at radius 3 is 2.60 bits per heavy atom. The van der Waals surface area contributed by atoms with Gasteiger partial charge in [-0.3, -0.25) is 14.4 Å². The molecule has 0 unspecified atom stereocenters. The smallest absolute Gasteiger partial charge is 0.253 e. The zero-order valence-corrected chi connectivity index (χ0v) is 20.1. The molecule has 0 saturated carbocycles. The zero-order chi connectivity index (χ0) is 24.9. The van der Waals surface area contributed by atoms with Crippen LogP contribution in [-0.2, 0) is 16.1 Å². The molecule has 7 nitrogen and oxygen atoms in total. The SMILES string of the molecule is COc1cccc(CNC(=O)c2ccccc2NC(=O)[C@H]2CC(=O)N(c3cccc(C)c3C)C2)c1. The van der Waals surface area contributed by atoms with Crippen LogP contribution in [0, 0.1) is 19.8 Å². The van der Waals surface area contributed by atoms with Gasteiger partial charge in [-0.15, -0.1) is 0 Å². The number of hydrogen-bond acceptors (Lipinski definition) is 4. The molecule has 7 heteroatoms. The van der Waals surface area contributed by atoms with Crippen LogP contribution in [0.3, 0.4) is 0 Å². The molecule has 1 aliphatic heterocycles. The van der Waals surface area contributed by atoms with E-state index < -0.39 is 5.92 Å². The van der Waals surface area contributed by atoms with Crippen molar-refractivity contribution >= 4 is 29.1 Å². The molecule has 0 aromatic heterocycles. The molecule has 1 aliphatic rings. The Morgan fingerprint density at radius 2 is 1.80 bits per heavy atom. The van der Waals surface area contributed by atoms with Crippen LogP contribution in [0.5, 0.6) is 5.75 Å². The highest BCUT2D eigenvalue weighted by molar-refractivity contribution is 6.07. The summed E-state index contributed by atoms with van der Waals surface area (Å²) in [5.74, 6) is -0.452. The van der Waals surface area contributed by atoms with Gasteiger partial charge in [0.05, 0.1) is 24.3 Å². The van der Waals surface area contributed by atoms with E-state index in [9.17, 15) is 14.4 Å². The fraction of sp³-hybridized carbons (Fsp3) is 0.250. The Balaban J connectivity index is 1.43. The fourth-order valence-electron chi connectivity index (χ4n) is 4.23. The minimum atomic E-state index is -0.504. The van der Waals surface area contributed by atoms with E-state index >= 15 is 0 Å². The van der Waals surface area contributed by atoms with E-state index in [4.69, 9.17) is 4.74 Å². The standard InChI is InChI=1S/C28H29N3O4/c1-18-8-6-13-25(19(18)2)31-17-21(15-26(31)32)27(33)30-24-12-5-4-11-23(24)28(34)29-16-20-9-7-10-22(14-20)35-3/h4-14,21H,15-17H2,1-3H3,(H,29,34)(H,30,33)/t21-/m0/s1. The molecule has 0 radical (unpaired) electrons. The van der Waals surface area contributed by atoms with Crippen LogP contribution in [0.1, 0.15) is 33.5 Å². The normalized spacial score (nSPS) is 15.1. The Hall–Kier alpha value is -4.13. The highest BCUT2D eigenvalue weighted by atomic mass is 16.5. The third-order valence-corrected chi connectivity index (χ3v) is 6.38. The molecule has 1 fully saturated rings. The van der Waals surface area contributed by atoms with Crippen LogP contribution in [-0.4, -0.2) is 31.4 Å². The van der Waals surface area contributed by atoms with Gasteiger partial charge < -0.3 is 20.3 Å². The third-order valence-electron chi connectivity index (χ3n) is 6.38. The van der Waals surface area contributed by atoms with E-state index in [1.54, 1.807) is 36.3 Å². The summed E-state index contributed by atoms with van der Waals surface area (Å²) in [6.45, 7) is 4.60. The summed E-state index contributed by atoms with van der Waals surface area (Å²) < 4.78 is 5.23. The maximum Gasteiger partial charge on any atom is 0.253 e. The maximum absolute atomic E-state index is 13.1. The van der Waals surface area contributed by atoms with Crippen LogP contribution < -0.4 is 20.3 Å². The van der Waals surface area contributed by atoms with E-state index in [0.29, 0.717) is 30.1 Å². The first-order chi connectivity index (χ1) is 16.9. The highest BCUT2D eigenvalue weighted by Gasteiger charge is 2.36. The number of carbonyl (C=O) groups excluding carboxylic acids is 3. The molecule has 0 spiro atoms. The van der Waals surface area contributed by atoms with Crippen molar-refractivity contribution < 1.29 is 19.1 Å². The van der Waals surface area contributed by atoms with Gasteiger partial charge in [-0.1, -0.05) is 36.4 Å². The van der Waals surface area contributed by atoms with Gasteiger partial charge in [0.2, 0.25) is 11.8 Å². The van der Waals surface area contributed by atoms with Gasteiger partial charge >= 0.3 is 0 Å². The van der Waals surface area contributed by atoms with Crippen molar-refractivity contribution in [1.29, 1.82) is 0 Å². The summed E-state index contributed by atoms with van der Waals surface area (Å²) >= 11 is 0. The predicted molar refractivity (Wildman–Crippen MR) is 136 cm³/mol. The molecule has 180 valence electrons. The number of nitrogens with one attached hydrogen (secondary N) is 2. The number of para-hydroxylation sites is 1. The lowest BCUT2D eigenvalue weighted by molar-refractivity contribution is -0.122.